The minimum Gasteiger partial charge on any atom is -0.464 e. The van der Waals surface area contributed by atoms with E-state index in [2.05, 4.69) is 5.32 Å². The standard InChI is InChI=1S/C13H10N2O4S/c14-13(16)11-12(20(17)18)8-6-7(3-4-9(8)15-11)10-2-1-5-19-10/h1-6,11,15H,(H2,14,16). The van der Waals surface area contributed by atoms with Crippen LogP contribution in [0, 0.1) is 0 Å². The molecule has 0 spiro atoms. The van der Waals surface area contributed by atoms with E-state index >= 15 is 0 Å². The van der Waals surface area contributed by atoms with Crippen molar-refractivity contribution in [3.8, 4) is 11.3 Å². The molecule has 1 aromatic heterocycles. The van der Waals surface area contributed by atoms with E-state index < -0.39 is 22.2 Å². The summed E-state index contributed by atoms with van der Waals surface area (Å²) in [7, 11) is -2.54. The van der Waals surface area contributed by atoms with Crippen molar-refractivity contribution in [1.82, 2.24) is 0 Å². The Morgan fingerprint density at radius 1 is 1.30 bits per heavy atom. The number of rotatable bonds is 2. The molecule has 1 aliphatic rings. The zero-order chi connectivity index (χ0) is 14.3. The molecule has 0 radical (unpaired) electrons. The zero-order valence-corrected chi connectivity index (χ0v) is 11.0. The van der Waals surface area contributed by atoms with E-state index in [1.807, 2.05) is 0 Å². The average Bonchev–Trinajstić information content (AvgIpc) is 3.04. The van der Waals surface area contributed by atoms with Gasteiger partial charge in [-0.3, -0.25) is 4.79 Å². The lowest BCUT2D eigenvalue weighted by molar-refractivity contribution is -0.117. The number of amides is 1. The molecule has 3 rings (SSSR count). The summed E-state index contributed by atoms with van der Waals surface area (Å²) in [5.74, 6) is -0.119. The van der Waals surface area contributed by atoms with Crippen molar-refractivity contribution in [2.75, 3.05) is 5.32 Å². The van der Waals surface area contributed by atoms with Gasteiger partial charge in [0, 0.05) is 16.8 Å². The molecule has 3 N–H and O–H groups in total. The second-order valence-corrected chi connectivity index (χ2v) is 5.23. The molecule has 6 nitrogen and oxygen atoms in total. The van der Waals surface area contributed by atoms with Gasteiger partial charge < -0.3 is 15.5 Å². The van der Waals surface area contributed by atoms with Gasteiger partial charge in [-0.2, -0.15) is 8.42 Å². The Morgan fingerprint density at radius 2 is 2.10 bits per heavy atom. The Morgan fingerprint density at radius 3 is 2.70 bits per heavy atom. The van der Waals surface area contributed by atoms with Crippen LogP contribution in [-0.4, -0.2) is 25.2 Å². The number of nitrogens with two attached hydrogens (primary N) is 1. The Balaban J connectivity index is 2.19. The molecule has 0 bridgehead atoms. The monoisotopic (exact) mass is 290 g/mol. The smallest absolute Gasteiger partial charge is 0.245 e. The molecule has 1 aliphatic heterocycles. The third-order valence-corrected chi connectivity index (χ3v) is 3.93. The molecule has 1 amide bonds. The molecule has 1 aromatic carbocycles. The van der Waals surface area contributed by atoms with Crippen LogP contribution in [0.4, 0.5) is 5.69 Å². The topological polar surface area (TPSA) is 102 Å². The number of hydrogen-bond donors (Lipinski definition) is 2. The van der Waals surface area contributed by atoms with Crippen LogP contribution in [0.15, 0.2) is 41.0 Å². The third-order valence-electron chi connectivity index (χ3n) is 3.12. The second-order valence-electron chi connectivity index (χ2n) is 4.32. The highest BCUT2D eigenvalue weighted by Gasteiger charge is 2.33. The van der Waals surface area contributed by atoms with Crippen molar-refractivity contribution in [3.05, 3.63) is 42.2 Å². The first-order valence-electron chi connectivity index (χ1n) is 5.78. The highest BCUT2D eigenvalue weighted by molar-refractivity contribution is 7.73. The molecule has 102 valence electrons. The summed E-state index contributed by atoms with van der Waals surface area (Å²) < 4.78 is 28.0. The first-order chi connectivity index (χ1) is 9.58. The van der Waals surface area contributed by atoms with Gasteiger partial charge in [-0.15, -0.1) is 0 Å². The van der Waals surface area contributed by atoms with Crippen LogP contribution in [0.3, 0.4) is 0 Å². The van der Waals surface area contributed by atoms with E-state index in [4.69, 9.17) is 10.2 Å². The van der Waals surface area contributed by atoms with Crippen molar-refractivity contribution in [3.63, 3.8) is 0 Å². The number of hydrogen-bond acceptors (Lipinski definition) is 5. The average molecular weight is 290 g/mol. The van der Waals surface area contributed by atoms with Gasteiger partial charge in [0.2, 0.25) is 16.2 Å². The number of primary amides is 1. The van der Waals surface area contributed by atoms with E-state index in [-0.39, 0.29) is 4.86 Å². The summed E-state index contributed by atoms with van der Waals surface area (Å²) in [6.45, 7) is 0. The molecule has 7 heteroatoms. The molecule has 0 saturated heterocycles. The SMILES string of the molecule is NC(=O)C1Nc2ccc(-c3ccco3)cc2C1=S(=O)=O. The van der Waals surface area contributed by atoms with Gasteiger partial charge in [-0.05, 0) is 30.3 Å². The lowest BCUT2D eigenvalue weighted by atomic mass is 10.0. The minimum atomic E-state index is -2.54. The van der Waals surface area contributed by atoms with Gasteiger partial charge >= 0.3 is 0 Å². The molecule has 2 heterocycles. The molecule has 2 aromatic rings. The maximum Gasteiger partial charge on any atom is 0.245 e. The minimum absolute atomic E-state index is 0.0408. The predicted octanol–water partition coefficient (Wildman–Crippen LogP) is 0.626. The number of carbonyl (C=O) groups excluding carboxylic acids is 1. The molecule has 0 aliphatic carbocycles. The second kappa shape index (κ2) is 4.53. The summed E-state index contributed by atoms with van der Waals surface area (Å²) in [6, 6.07) is 7.61. The largest absolute Gasteiger partial charge is 0.464 e. The quantitative estimate of drug-likeness (QED) is 0.790. The van der Waals surface area contributed by atoms with Crippen molar-refractivity contribution in [2.24, 2.45) is 5.73 Å². The molecule has 20 heavy (non-hydrogen) atoms. The Labute approximate surface area is 115 Å². The van der Waals surface area contributed by atoms with Crippen LogP contribution in [0.5, 0.6) is 0 Å². The lowest BCUT2D eigenvalue weighted by Gasteiger charge is -2.04. The summed E-state index contributed by atoms with van der Waals surface area (Å²) in [6.07, 6.45) is 1.53. The highest BCUT2D eigenvalue weighted by Crippen LogP contribution is 2.31. The maximum atomic E-state index is 11.4. The van der Waals surface area contributed by atoms with E-state index in [1.165, 1.54) is 6.26 Å². The van der Waals surface area contributed by atoms with Crippen LogP contribution < -0.4 is 11.1 Å². The third kappa shape index (κ3) is 1.88. The van der Waals surface area contributed by atoms with Gasteiger partial charge in [0.1, 0.15) is 16.7 Å². The maximum absolute atomic E-state index is 11.4. The Bertz CT molecular complexity index is 814. The van der Waals surface area contributed by atoms with Gasteiger partial charge in [-0.25, -0.2) is 0 Å². The van der Waals surface area contributed by atoms with Crippen molar-refractivity contribution < 1.29 is 17.6 Å². The molecule has 1 unspecified atom stereocenters. The number of carbonyl (C=O) groups is 1. The fraction of sp³-hybridized carbons (Fsp3) is 0.0769. The summed E-state index contributed by atoms with van der Waals surface area (Å²) in [5, 5.41) is 2.80. The number of fused-ring (bicyclic) bond motifs is 1. The number of benzene rings is 1. The Kier molecular flexibility index (Phi) is 2.83. The number of furan rings is 1. The molecule has 0 saturated carbocycles. The summed E-state index contributed by atoms with van der Waals surface area (Å²) in [4.78, 5) is 11.3. The van der Waals surface area contributed by atoms with Crippen LogP contribution >= 0.6 is 0 Å². The molecular weight excluding hydrogens is 280 g/mol. The number of nitrogens with one attached hydrogen (secondary N) is 1. The fourth-order valence-electron chi connectivity index (χ4n) is 2.23. The first-order valence-corrected chi connectivity index (χ1v) is 6.85. The van der Waals surface area contributed by atoms with E-state index in [1.54, 1.807) is 30.3 Å². The van der Waals surface area contributed by atoms with Gasteiger partial charge in [0.05, 0.1) is 6.26 Å². The number of anilines is 1. The lowest BCUT2D eigenvalue weighted by Crippen LogP contribution is -2.38. The van der Waals surface area contributed by atoms with Crippen molar-refractivity contribution in [1.29, 1.82) is 0 Å². The molecule has 1 atom stereocenters. The normalized spacial score (nSPS) is 16.6. The van der Waals surface area contributed by atoms with Crippen LogP contribution in [0.1, 0.15) is 5.56 Å². The van der Waals surface area contributed by atoms with E-state index in [9.17, 15) is 13.2 Å². The van der Waals surface area contributed by atoms with Crippen LogP contribution in [0.2, 0.25) is 0 Å². The predicted molar refractivity (Wildman–Crippen MR) is 73.8 cm³/mol. The highest BCUT2D eigenvalue weighted by atomic mass is 32.2. The summed E-state index contributed by atoms with van der Waals surface area (Å²) in [5.41, 5.74) is 6.95. The first kappa shape index (κ1) is 12.5. The fourth-order valence-corrected chi connectivity index (χ4v) is 2.95. The van der Waals surface area contributed by atoms with Crippen molar-refractivity contribution >= 4 is 26.8 Å². The summed E-state index contributed by atoms with van der Waals surface area (Å²) >= 11 is 0. The Hall–Kier alpha value is -2.54. The van der Waals surface area contributed by atoms with Gasteiger partial charge in [0.15, 0.2) is 0 Å². The van der Waals surface area contributed by atoms with E-state index in [0.717, 1.165) is 5.56 Å². The van der Waals surface area contributed by atoms with Crippen LogP contribution in [-0.2, 0) is 15.1 Å². The van der Waals surface area contributed by atoms with E-state index in [0.29, 0.717) is 17.0 Å². The van der Waals surface area contributed by atoms with Crippen LogP contribution in [0.25, 0.3) is 11.3 Å². The van der Waals surface area contributed by atoms with Gasteiger partial charge in [0.25, 0.3) is 0 Å². The molecular formula is C13H10N2O4S. The van der Waals surface area contributed by atoms with Gasteiger partial charge in [-0.1, -0.05) is 0 Å². The molecule has 0 fully saturated rings. The zero-order valence-electron chi connectivity index (χ0n) is 10.2. The van der Waals surface area contributed by atoms with Crippen molar-refractivity contribution in [2.45, 2.75) is 6.04 Å².